The fraction of sp³-hybridized carbons (Fsp3) is 0.636. The summed E-state index contributed by atoms with van der Waals surface area (Å²) in [5.74, 6) is 0.974. The Kier molecular flexibility index (Phi) is 6.08. The molecule has 0 aromatic heterocycles. The van der Waals surface area contributed by atoms with Crippen molar-refractivity contribution in [3.63, 3.8) is 0 Å². The van der Waals surface area contributed by atoms with Gasteiger partial charge in [0.2, 0.25) is 0 Å². The molecule has 27 heavy (non-hydrogen) atoms. The normalized spacial score (nSPS) is 26.8. The fourth-order valence-corrected chi connectivity index (χ4v) is 4.38. The van der Waals surface area contributed by atoms with Gasteiger partial charge in [0.05, 0.1) is 0 Å². The highest BCUT2D eigenvalue weighted by Gasteiger charge is 2.32. The van der Waals surface area contributed by atoms with Crippen LogP contribution in [0.3, 0.4) is 0 Å². The molecule has 3 rings (SSSR count). The minimum absolute atomic E-state index is 0.00709. The van der Waals surface area contributed by atoms with Gasteiger partial charge in [-0.3, -0.25) is 10.2 Å². The summed E-state index contributed by atoms with van der Waals surface area (Å²) in [6.07, 6.45) is 12.5. The van der Waals surface area contributed by atoms with E-state index in [1.54, 1.807) is 4.90 Å². The smallest absolute Gasteiger partial charge is 0.271 e. The molecule has 1 saturated heterocycles. The van der Waals surface area contributed by atoms with Crippen molar-refractivity contribution < 1.29 is 4.79 Å². The highest BCUT2D eigenvalue weighted by molar-refractivity contribution is 6.42. The molecule has 0 aromatic carbocycles. The van der Waals surface area contributed by atoms with Crippen molar-refractivity contribution in [3.8, 4) is 0 Å². The van der Waals surface area contributed by atoms with Crippen molar-refractivity contribution in [3.05, 3.63) is 35.2 Å². The Hall–Kier alpha value is -2.04. The zero-order valence-electron chi connectivity index (χ0n) is 16.9. The summed E-state index contributed by atoms with van der Waals surface area (Å²) in [6.45, 7) is 7.52. The van der Waals surface area contributed by atoms with Gasteiger partial charge in [0.25, 0.3) is 5.91 Å². The number of carbonyl (C=O) groups excluding carboxylic acids is 1. The molecule has 2 atom stereocenters. The number of likely N-dealkylation sites (tertiary alicyclic amines) is 1. The lowest BCUT2D eigenvalue weighted by molar-refractivity contribution is -0.123. The second-order valence-corrected chi connectivity index (χ2v) is 8.63. The van der Waals surface area contributed by atoms with E-state index < -0.39 is 0 Å². The Morgan fingerprint density at radius 2 is 2.00 bits per heavy atom. The van der Waals surface area contributed by atoms with E-state index >= 15 is 0 Å². The first kappa shape index (κ1) is 19.7. The average molecular weight is 371 g/mol. The Labute approximate surface area is 163 Å². The van der Waals surface area contributed by atoms with Crippen molar-refractivity contribution in [2.24, 2.45) is 23.5 Å². The fourth-order valence-electron chi connectivity index (χ4n) is 4.38. The van der Waals surface area contributed by atoms with Crippen molar-refractivity contribution in [1.82, 2.24) is 10.2 Å². The number of dihydropyridines is 1. The van der Waals surface area contributed by atoms with E-state index in [0.717, 1.165) is 6.42 Å². The molecule has 1 saturated carbocycles. The number of nitrogens with two attached hydrogens (primary N) is 1. The molecule has 2 fully saturated rings. The number of hydrogen-bond donors (Lipinski definition) is 3. The maximum atomic E-state index is 12.6. The van der Waals surface area contributed by atoms with E-state index in [2.05, 4.69) is 24.4 Å². The van der Waals surface area contributed by atoms with Crippen molar-refractivity contribution in [2.75, 3.05) is 13.1 Å². The van der Waals surface area contributed by atoms with Crippen LogP contribution in [-0.4, -0.2) is 35.7 Å². The molecule has 148 valence electrons. The van der Waals surface area contributed by atoms with Gasteiger partial charge >= 0.3 is 0 Å². The number of hydrogen-bond acceptors (Lipinski definition) is 4. The lowest BCUT2D eigenvalue weighted by atomic mass is 9.89. The molecule has 0 radical (unpaired) electrons. The predicted molar refractivity (Wildman–Crippen MR) is 110 cm³/mol. The number of rotatable bonds is 5. The van der Waals surface area contributed by atoms with E-state index in [-0.39, 0.29) is 17.5 Å². The third-order valence-electron chi connectivity index (χ3n) is 6.11. The van der Waals surface area contributed by atoms with Gasteiger partial charge in [-0.1, -0.05) is 32.8 Å². The molecule has 2 aliphatic heterocycles. The van der Waals surface area contributed by atoms with Crippen LogP contribution in [0.4, 0.5) is 0 Å². The molecule has 5 heteroatoms. The van der Waals surface area contributed by atoms with E-state index in [1.807, 2.05) is 13.8 Å². The van der Waals surface area contributed by atoms with E-state index in [4.69, 9.17) is 11.1 Å². The third kappa shape index (κ3) is 4.63. The number of nitrogens with zero attached hydrogens (tertiary/aromatic N) is 1. The van der Waals surface area contributed by atoms with Crippen molar-refractivity contribution >= 4 is 11.6 Å². The molecule has 3 aliphatic rings. The second-order valence-electron chi connectivity index (χ2n) is 8.63. The van der Waals surface area contributed by atoms with Crippen LogP contribution in [0.1, 0.15) is 52.9 Å². The standard InChI is InChI=1S/C22H34N4O/c1-14(2)19(23)12-20(24)22(27)26-9-8-17(13-26)21-11-18(10-15(3)25-21)16-6-4-5-7-16/h10-12,14-17,24-25H,4-9,13,23H2,1-3H3. The molecule has 0 spiro atoms. The molecule has 0 bridgehead atoms. The van der Waals surface area contributed by atoms with Crippen LogP contribution >= 0.6 is 0 Å². The predicted octanol–water partition coefficient (Wildman–Crippen LogP) is 3.35. The van der Waals surface area contributed by atoms with Gasteiger partial charge in [0.15, 0.2) is 0 Å². The maximum Gasteiger partial charge on any atom is 0.271 e. The first-order chi connectivity index (χ1) is 12.8. The average Bonchev–Trinajstić information content (AvgIpc) is 3.32. The Bertz CT molecular complexity index is 682. The van der Waals surface area contributed by atoms with Gasteiger partial charge in [-0.05, 0) is 55.7 Å². The maximum absolute atomic E-state index is 12.6. The first-order valence-electron chi connectivity index (χ1n) is 10.4. The summed E-state index contributed by atoms with van der Waals surface area (Å²) in [5, 5.41) is 11.7. The Morgan fingerprint density at radius 1 is 1.30 bits per heavy atom. The molecule has 2 heterocycles. The molecule has 1 aliphatic carbocycles. The molecular formula is C22H34N4O. The summed E-state index contributed by atoms with van der Waals surface area (Å²) < 4.78 is 0. The molecular weight excluding hydrogens is 336 g/mol. The van der Waals surface area contributed by atoms with Crippen molar-refractivity contribution in [2.45, 2.75) is 58.9 Å². The van der Waals surface area contributed by atoms with Crippen LogP contribution in [-0.2, 0) is 4.79 Å². The number of carbonyl (C=O) groups is 1. The van der Waals surface area contributed by atoms with Crippen LogP contribution in [0.15, 0.2) is 35.2 Å². The first-order valence-corrected chi connectivity index (χ1v) is 10.4. The van der Waals surface area contributed by atoms with Crippen LogP contribution in [0, 0.1) is 23.2 Å². The summed E-state index contributed by atoms with van der Waals surface area (Å²) >= 11 is 0. The van der Waals surface area contributed by atoms with Gasteiger partial charge in [0, 0.05) is 36.4 Å². The minimum atomic E-state index is -0.211. The van der Waals surface area contributed by atoms with E-state index in [9.17, 15) is 4.79 Å². The quantitative estimate of drug-likeness (QED) is 0.649. The summed E-state index contributed by atoms with van der Waals surface area (Å²) in [4.78, 5) is 14.4. The molecule has 4 N–H and O–H groups in total. The summed E-state index contributed by atoms with van der Waals surface area (Å²) in [7, 11) is 0. The summed E-state index contributed by atoms with van der Waals surface area (Å²) in [5.41, 5.74) is 9.24. The van der Waals surface area contributed by atoms with Gasteiger partial charge in [-0.2, -0.15) is 0 Å². The monoisotopic (exact) mass is 370 g/mol. The van der Waals surface area contributed by atoms with Gasteiger partial charge in [-0.25, -0.2) is 0 Å². The highest BCUT2D eigenvalue weighted by atomic mass is 16.2. The summed E-state index contributed by atoms with van der Waals surface area (Å²) in [6, 6.07) is 0.345. The largest absolute Gasteiger partial charge is 0.402 e. The number of nitrogens with one attached hydrogen (secondary N) is 2. The zero-order valence-corrected chi connectivity index (χ0v) is 16.9. The Morgan fingerprint density at radius 3 is 2.67 bits per heavy atom. The zero-order chi connectivity index (χ0) is 19.6. The van der Waals surface area contributed by atoms with Crippen LogP contribution < -0.4 is 11.1 Å². The van der Waals surface area contributed by atoms with Gasteiger partial charge in [0.1, 0.15) is 5.71 Å². The second kappa shape index (κ2) is 8.32. The van der Waals surface area contributed by atoms with E-state index in [1.165, 1.54) is 43.0 Å². The molecule has 2 unspecified atom stereocenters. The lowest BCUT2D eigenvalue weighted by Crippen LogP contribution is -2.36. The number of amides is 1. The van der Waals surface area contributed by atoms with Crippen LogP contribution in [0.2, 0.25) is 0 Å². The van der Waals surface area contributed by atoms with E-state index in [0.29, 0.717) is 36.7 Å². The van der Waals surface area contributed by atoms with Gasteiger partial charge in [-0.15, -0.1) is 0 Å². The Balaban J connectivity index is 1.65. The number of allylic oxidation sites excluding steroid dienone is 3. The molecule has 0 aromatic rings. The van der Waals surface area contributed by atoms with Crippen LogP contribution in [0.5, 0.6) is 0 Å². The van der Waals surface area contributed by atoms with Crippen molar-refractivity contribution in [1.29, 1.82) is 5.41 Å². The molecule has 5 nitrogen and oxygen atoms in total. The lowest BCUT2D eigenvalue weighted by Gasteiger charge is -2.28. The third-order valence-corrected chi connectivity index (χ3v) is 6.11. The van der Waals surface area contributed by atoms with Crippen LogP contribution in [0.25, 0.3) is 0 Å². The highest BCUT2D eigenvalue weighted by Crippen LogP contribution is 2.35. The molecule has 1 amide bonds. The topological polar surface area (TPSA) is 82.2 Å². The SMILES string of the molecule is CC1C=C(C2CCCC2)C=C(C2CCN(C(=O)C(=N)C=C(N)C(C)C)C2)N1. The minimum Gasteiger partial charge on any atom is -0.402 e. The van der Waals surface area contributed by atoms with Gasteiger partial charge < -0.3 is 16.0 Å².